The fourth-order valence-corrected chi connectivity index (χ4v) is 2.55. The predicted octanol–water partition coefficient (Wildman–Crippen LogP) is 3.39. The first-order chi connectivity index (χ1) is 9.33. The SMILES string of the molecule is N=C(N)CC1(COc2c(Cl)cc([N+](=O)[O-])cc2Cl)CC1. The summed E-state index contributed by atoms with van der Waals surface area (Å²) in [6.45, 7) is 0.337. The highest BCUT2D eigenvalue weighted by atomic mass is 35.5. The Bertz CT molecular complexity index is 550. The molecule has 20 heavy (non-hydrogen) atoms. The van der Waals surface area contributed by atoms with Crippen molar-refractivity contribution in [1.82, 2.24) is 0 Å². The number of rotatable bonds is 6. The summed E-state index contributed by atoms with van der Waals surface area (Å²) in [7, 11) is 0. The molecule has 0 aliphatic heterocycles. The minimum atomic E-state index is -0.570. The second-order valence-corrected chi connectivity index (χ2v) is 5.80. The lowest BCUT2D eigenvalue weighted by atomic mass is 10.0. The van der Waals surface area contributed by atoms with E-state index in [0.717, 1.165) is 12.8 Å². The van der Waals surface area contributed by atoms with E-state index in [1.165, 1.54) is 12.1 Å². The first-order valence-corrected chi connectivity index (χ1v) is 6.68. The van der Waals surface area contributed by atoms with Crippen LogP contribution in [0.2, 0.25) is 10.0 Å². The minimum absolute atomic E-state index is 0.0998. The van der Waals surface area contributed by atoms with Gasteiger partial charge in [-0.2, -0.15) is 0 Å². The first kappa shape index (κ1) is 14.9. The van der Waals surface area contributed by atoms with Crippen LogP contribution in [-0.4, -0.2) is 17.4 Å². The predicted molar refractivity (Wildman–Crippen MR) is 76.8 cm³/mol. The molecular formula is C12H13Cl2N3O3. The molecule has 8 heteroatoms. The Morgan fingerprint density at radius 3 is 2.40 bits per heavy atom. The zero-order valence-corrected chi connectivity index (χ0v) is 12.0. The molecule has 1 aliphatic rings. The molecule has 0 spiro atoms. The number of nitrogens with one attached hydrogen (secondary N) is 1. The second-order valence-electron chi connectivity index (χ2n) is 4.99. The number of non-ortho nitro benzene ring substituents is 1. The number of hydrogen-bond donors (Lipinski definition) is 2. The molecule has 108 valence electrons. The van der Waals surface area contributed by atoms with Crippen molar-refractivity contribution in [3.8, 4) is 5.75 Å². The summed E-state index contributed by atoms with van der Waals surface area (Å²) in [5.41, 5.74) is 5.09. The lowest BCUT2D eigenvalue weighted by Gasteiger charge is -2.16. The quantitative estimate of drug-likeness (QED) is 0.363. The molecule has 3 N–H and O–H groups in total. The van der Waals surface area contributed by atoms with Crippen molar-refractivity contribution in [2.24, 2.45) is 11.1 Å². The van der Waals surface area contributed by atoms with E-state index in [0.29, 0.717) is 13.0 Å². The average molecular weight is 318 g/mol. The van der Waals surface area contributed by atoms with Crippen LogP contribution in [0.4, 0.5) is 5.69 Å². The summed E-state index contributed by atoms with van der Waals surface area (Å²) in [5.74, 6) is 0.348. The maximum Gasteiger partial charge on any atom is 0.272 e. The lowest BCUT2D eigenvalue weighted by Crippen LogP contribution is -2.21. The smallest absolute Gasteiger partial charge is 0.272 e. The molecule has 6 nitrogen and oxygen atoms in total. The Morgan fingerprint density at radius 2 is 2.00 bits per heavy atom. The molecule has 2 rings (SSSR count). The molecule has 0 aromatic heterocycles. The second kappa shape index (κ2) is 5.46. The van der Waals surface area contributed by atoms with Crippen LogP contribution in [0.15, 0.2) is 12.1 Å². The molecule has 1 saturated carbocycles. The summed E-state index contributed by atoms with van der Waals surface area (Å²) < 4.78 is 5.59. The molecule has 1 fully saturated rings. The maximum atomic E-state index is 10.7. The number of nitrogens with two attached hydrogens (primary N) is 1. The third-order valence-electron chi connectivity index (χ3n) is 3.24. The Balaban J connectivity index is 2.11. The fourth-order valence-electron chi connectivity index (χ4n) is 1.97. The fraction of sp³-hybridized carbons (Fsp3) is 0.417. The van der Waals surface area contributed by atoms with Crippen LogP contribution >= 0.6 is 23.2 Å². The number of hydrogen-bond acceptors (Lipinski definition) is 4. The highest BCUT2D eigenvalue weighted by molar-refractivity contribution is 6.37. The molecule has 0 unspecified atom stereocenters. The summed E-state index contributed by atoms with van der Waals surface area (Å²) in [4.78, 5) is 10.1. The van der Waals surface area contributed by atoms with Gasteiger partial charge in [0.1, 0.15) is 0 Å². The van der Waals surface area contributed by atoms with E-state index in [-0.39, 0.29) is 32.7 Å². The Hall–Kier alpha value is -1.53. The van der Waals surface area contributed by atoms with E-state index < -0.39 is 4.92 Å². The summed E-state index contributed by atoms with van der Waals surface area (Å²) in [5, 5.41) is 18.2. The first-order valence-electron chi connectivity index (χ1n) is 5.92. The van der Waals surface area contributed by atoms with E-state index in [1.807, 2.05) is 0 Å². The van der Waals surface area contributed by atoms with Crippen LogP contribution in [0.3, 0.4) is 0 Å². The third-order valence-corrected chi connectivity index (χ3v) is 3.80. The average Bonchev–Trinajstić information content (AvgIpc) is 3.06. The molecule has 1 aliphatic carbocycles. The van der Waals surface area contributed by atoms with E-state index in [1.54, 1.807) is 0 Å². The van der Waals surface area contributed by atoms with Crippen molar-refractivity contribution >= 4 is 34.7 Å². The molecule has 1 aromatic rings. The van der Waals surface area contributed by atoms with Gasteiger partial charge < -0.3 is 10.5 Å². The van der Waals surface area contributed by atoms with Crippen LogP contribution in [0, 0.1) is 20.9 Å². The van der Waals surface area contributed by atoms with Crippen LogP contribution in [0.1, 0.15) is 19.3 Å². The normalized spacial score (nSPS) is 15.7. The van der Waals surface area contributed by atoms with Gasteiger partial charge in [-0.15, -0.1) is 0 Å². The van der Waals surface area contributed by atoms with Gasteiger partial charge in [-0.05, 0) is 12.8 Å². The molecule has 0 atom stereocenters. The van der Waals surface area contributed by atoms with Crippen LogP contribution in [-0.2, 0) is 0 Å². The summed E-state index contributed by atoms with van der Waals surface area (Å²) in [6, 6.07) is 2.40. The van der Waals surface area contributed by atoms with E-state index in [2.05, 4.69) is 0 Å². The largest absolute Gasteiger partial charge is 0.490 e. The van der Waals surface area contributed by atoms with Crippen molar-refractivity contribution in [1.29, 1.82) is 5.41 Å². The van der Waals surface area contributed by atoms with Gasteiger partial charge in [-0.25, -0.2) is 0 Å². The van der Waals surface area contributed by atoms with E-state index in [9.17, 15) is 10.1 Å². The van der Waals surface area contributed by atoms with E-state index >= 15 is 0 Å². The standard InChI is InChI=1S/C12H13Cl2N3O3/c13-8-3-7(17(18)19)4-9(14)11(8)20-6-12(1-2-12)5-10(15)16/h3-4H,1-2,5-6H2,(H3,15,16). The van der Waals surface area contributed by atoms with Gasteiger partial charge >= 0.3 is 0 Å². The lowest BCUT2D eigenvalue weighted by molar-refractivity contribution is -0.384. The van der Waals surface area contributed by atoms with Crippen molar-refractivity contribution in [2.45, 2.75) is 19.3 Å². The van der Waals surface area contributed by atoms with Crippen molar-refractivity contribution in [2.75, 3.05) is 6.61 Å². The van der Waals surface area contributed by atoms with Crippen LogP contribution < -0.4 is 10.5 Å². The summed E-state index contributed by atoms with van der Waals surface area (Å²) in [6.07, 6.45) is 2.32. The Morgan fingerprint density at radius 1 is 1.45 bits per heavy atom. The summed E-state index contributed by atoms with van der Waals surface area (Å²) >= 11 is 11.9. The number of halogens is 2. The van der Waals surface area contributed by atoms with E-state index in [4.69, 9.17) is 39.1 Å². The number of amidine groups is 1. The topological polar surface area (TPSA) is 102 Å². The zero-order valence-electron chi connectivity index (χ0n) is 10.5. The van der Waals surface area contributed by atoms with Crippen LogP contribution in [0.25, 0.3) is 0 Å². The van der Waals surface area contributed by atoms with Crippen LogP contribution in [0.5, 0.6) is 5.75 Å². The highest BCUT2D eigenvalue weighted by Crippen LogP contribution is 2.49. The molecular weight excluding hydrogens is 305 g/mol. The third kappa shape index (κ3) is 3.32. The number of nitro groups is 1. The minimum Gasteiger partial charge on any atom is -0.490 e. The number of nitrogens with zero attached hydrogens (tertiary/aromatic N) is 1. The van der Waals surface area contributed by atoms with Gasteiger partial charge in [0.2, 0.25) is 0 Å². The molecule has 0 radical (unpaired) electrons. The van der Waals surface area contributed by atoms with Gasteiger partial charge in [0, 0.05) is 24.0 Å². The zero-order chi connectivity index (χ0) is 14.9. The molecule has 0 bridgehead atoms. The number of nitro benzene ring substituents is 1. The molecule has 0 heterocycles. The van der Waals surface area contributed by atoms with Crippen molar-refractivity contribution < 1.29 is 9.66 Å². The van der Waals surface area contributed by atoms with Gasteiger partial charge in [-0.3, -0.25) is 15.5 Å². The molecule has 0 saturated heterocycles. The molecule has 1 aromatic carbocycles. The van der Waals surface area contributed by atoms with Crippen molar-refractivity contribution in [3.05, 3.63) is 32.3 Å². The number of ether oxygens (including phenoxy) is 1. The molecule has 0 amide bonds. The van der Waals surface area contributed by atoms with Gasteiger partial charge in [0.15, 0.2) is 5.75 Å². The number of benzene rings is 1. The Kier molecular flexibility index (Phi) is 4.06. The maximum absolute atomic E-state index is 10.7. The van der Waals surface area contributed by atoms with Gasteiger partial charge in [-0.1, -0.05) is 23.2 Å². The highest BCUT2D eigenvalue weighted by Gasteiger charge is 2.44. The monoisotopic (exact) mass is 317 g/mol. The van der Waals surface area contributed by atoms with Gasteiger partial charge in [0.25, 0.3) is 5.69 Å². The Labute approximate surface area is 125 Å². The van der Waals surface area contributed by atoms with Gasteiger partial charge in [0.05, 0.1) is 27.4 Å². The van der Waals surface area contributed by atoms with Crippen molar-refractivity contribution in [3.63, 3.8) is 0 Å².